The number of nitrogens with zero attached hydrogens (tertiary/aromatic N) is 2. The van der Waals surface area contributed by atoms with E-state index in [1.807, 2.05) is 32.0 Å². The maximum absolute atomic E-state index is 12.4. The molecule has 6 heteroatoms. The number of pyridine rings is 1. The summed E-state index contributed by atoms with van der Waals surface area (Å²) in [4.78, 5) is 19.1. The molecule has 5 nitrogen and oxygen atoms in total. The number of hydrogen-bond donors (Lipinski definition) is 1. The van der Waals surface area contributed by atoms with Crippen LogP contribution in [0.5, 0.6) is 0 Å². The molecule has 0 atom stereocenters. The molecule has 1 heterocycles. The van der Waals surface area contributed by atoms with Crippen LogP contribution in [0.25, 0.3) is 0 Å². The fourth-order valence-electron chi connectivity index (χ4n) is 3.41. The highest BCUT2D eigenvalue weighted by Crippen LogP contribution is 2.35. The Hall–Kier alpha value is -2.27. The van der Waals surface area contributed by atoms with Crippen molar-refractivity contribution in [1.82, 2.24) is 4.98 Å². The van der Waals surface area contributed by atoms with Crippen molar-refractivity contribution in [2.24, 2.45) is 11.8 Å². The average Bonchev–Trinajstić information content (AvgIpc) is 2.67. The van der Waals surface area contributed by atoms with Gasteiger partial charge in [-0.1, -0.05) is 45.4 Å². The van der Waals surface area contributed by atoms with Gasteiger partial charge >= 0.3 is 5.97 Å². The molecule has 0 aliphatic carbocycles. The van der Waals surface area contributed by atoms with Crippen LogP contribution in [0, 0.1) is 11.8 Å². The second kappa shape index (κ2) is 10.2. The molecule has 1 aromatic heterocycles. The Labute approximate surface area is 185 Å². The SMILES string of the molecule is COC(=O)C(C)(C)c1ccc(N(CC(C)C)CC(C)C)c(Nc2ccc(Cl)cn2)c1. The van der Waals surface area contributed by atoms with Crippen LogP contribution in [0.2, 0.25) is 5.02 Å². The predicted molar refractivity (Wildman–Crippen MR) is 126 cm³/mol. The summed E-state index contributed by atoms with van der Waals surface area (Å²) in [5.74, 6) is 1.45. The van der Waals surface area contributed by atoms with Crippen LogP contribution in [-0.2, 0) is 14.9 Å². The van der Waals surface area contributed by atoms with Gasteiger partial charge in [-0.25, -0.2) is 4.98 Å². The highest BCUT2D eigenvalue weighted by Gasteiger charge is 2.32. The van der Waals surface area contributed by atoms with Crippen LogP contribution in [0.15, 0.2) is 36.5 Å². The molecular weight excluding hydrogens is 398 g/mol. The first kappa shape index (κ1) is 24.0. The van der Waals surface area contributed by atoms with Crippen molar-refractivity contribution in [2.75, 3.05) is 30.4 Å². The third-order valence-corrected chi connectivity index (χ3v) is 5.14. The zero-order chi connectivity index (χ0) is 22.5. The normalized spacial score (nSPS) is 11.7. The molecule has 1 aromatic carbocycles. The molecule has 0 radical (unpaired) electrons. The Morgan fingerprint density at radius 3 is 2.27 bits per heavy atom. The van der Waals surface area contributed by atoms with Gasteiger partial charge in [0.2, 0.25) is 0 Å². The van der Waals surface area contributed by atoms with Crippen molar-refractivity contribution < 1.29 is 9.53 Å². The zero-order valence-electron chi connectivity index (χ0n) is 19.1. The monoisotopic (exact) mass is 431 g/mol. The van der Waals surface area contributed by atoms with E-state index in [-0.39, 0.29) is 5.97 Å². The minimum atomic E-state index is -0.766. The van der Waals surface area contributed by atoms with E-state index in [2.05, 4.69) is 49.0 Å². The fourth-order valence-corrected chi connectivity index (χ4v) is 3.53. The Morgan fingerprint density at radius 1 is 1.13 bits per heavy atom. The topological polar surface area (TPSA) is 54.5 Å². The summed E-state index contributed by atoms with van der Waals surface area (Å²) in [7, 11) is 1.42. The third-order valence-electron chi connectivity index (χ3n) is 4.92. The van der Waals surface area contributed by atoms with E-state index in [0.29, 0.717) is 22.7 Å². The minimum Gasteiger partial charge on any atom is -0.468 e. The molecule has 1 N–H and O–H groups in total. The summed E-state index contributed by atoms with van der Waals surface area (Å²) in [6, 6.07) is 9.78. The van der Waals surface area contributed by atoms with Crippen LogP contribution in [-0.4, -0.2) is 31.2 Å². The Balaban J connectivity index is 2.55. The molecule has 0 bridgehead atoms. The Morgan fingerprint density at radius 2 is 1.77 bits per heavy atom. The summed E-state index contributed by atoms with van der Waals surface area (Å²) >= 11 is 6.00. The maximum atomic E-state index is 12.4. The van der Waals surface area contributed by atoms with Crippen molar-refractivity contribution in [3.05, 3.63) is 47.1 Å². The first-order chi connectivity index (χ1) is 14.0. The molecule has 164 valence electrons. The standard InChI is InChI=1S/C24H34ClN3O2/c1-16(2)14-28(15-17(3)4)21-10-8-18(24(5,6)23(29)30-7)12-20(21)27-22-11-9-19(25)13-26-22/h8-13,16-17H,14-15H2,1-7H3,(H,26,27). The Kier molecular flexibility index (Phi) is 8.13. The highest BCUT2D eigenvalue weighted by atomic mass is 35.5. The van der Waals surface area contributed by atoms with Crippen molar-refractivity contribution in [1.29, 1.82) is 0 Å². The van der Waals surface area contributed by atoms with Gasteiger partial charge in [0.25, 0.3) is 0 Å². The molecular formula is C24H34ClN3O2. The lowest BCUT2D eigenvalue weighted by atomic mass is 9.84. The average molecular weight is 432 g/mol. The lowest BCUT2D eigenvalue weighted by Gasteiger charge is -2.32. The number of halogens is 1. The second-order valence-electron chi connectivity index (χ2n) is 9.03. The van der Waals surface area contributed by atoms with Crippen molar-refractivity contribution >= 4 is 34.8 Å². The van der Waals surface area contributed by atoms with Crippen LogP contribution >= 0.6 is 11.6 Å². The molecule has 0 saturated carbocycles. The van der Waals surface area contributed by atoms with E-state index >= 15 is 0 Å². The number of carbonyl (C=O) groups is 1. The van der Waals surface area contributed by atoms with Gasteiger partial charge in [-0.15, -0.1) is 0 Å². The number of carbonyl (C=O) groups excluding carboxylic acids is 1. The second-order valence-corrected chi connectivity index (χ2v) is 9.46. The number of ether oxygens (including phenoxy) is 1. The van der Waals surface area contributed by atoms with E-state index in [1.165, 1.54) is 7.11 Å². The summed E-state index contributed by atoms with van der Waals surface area (Å²) in [6.07, 6.45) is 1.62. The number of methoxy groups -OCH3 is 1. The largest absolute Gasteiger partial charge is 0.468 e. The van der Waals surface area contributed by atoms with Gasteiger partial charge in [0.15, 0.2) is 0 Å². The molecule has 0 aliphatic heterocycles. The van der Waals surface area contributed by atoms with E-state index < -0.39 is 5.41 Å². The molecule has 2 aromatic rings. The number of benzene rings is 1. The lowest BCUT2D eigenvalue weighted by molar-refractivity contribution is -0.146. The molecule has 2 rings (SSSR count). The smallest absolute Gasteiger partial charge is 0.315 e. The van der Waals surface area contributed by atoms with E-state index in [4.69, 9.17) is 16.3 Å². The summed E-state index contributed by atoms with van der Waals surface area (Å²) < 4.78 is 5.03. The number of hydrogen-bond acceptors (Lipinski definition) is 5. The Bertz CT molecular complexity index is 838. The van der Waals surface area contributed by atoms with Gasteiger partial charge < -0.3 is 15.0 Å². The molecule has 0 amide bonds. The van der Waals surface area contributed by atoms with E-state index in [9.17, 15) is 4.79 Å². The number of aromatic nitrogens is 1. The van der Waals surface area contributed by atoms with E-state index in [0.717, 1.165) is 30.0 Å². The van der Waals surface area contributed by atoms with Gasteiger partial charge in [-0.3, -0.25) is 4.79 Å². The van der Waals surface area contributed by atoms with Crippen molar-refractivity contribution in [2.45, 2.75) is 47.0 Å². The predicted octanol–water partition coefficient (Wildman–Crippen LogP) is 6.05. The third kappa shape index (κ3) is 6.11. The van der Waals surface area contributed by atoms with Gasteiger partial charge in [0.1, 0.15) is 5.82 Å². The van der Waals surface area contributed by atoms with Crippen LogP contribution < -0.4 is 10.2 Å². The first-order valence-electron chi connectivity index (χ1n) is 10.4. The number of nitrogens with one attached hydrogen (secondary N) is 1. The van der Waals surface area contributed by atoms with Crippen LogP contribution in [0.3, 0.4) is 0 Å². The van der Waals surface area contributed by atoms with Crippen molar-refractivity contribution in [3.63, 3.8) is 0 Å². The highest BCUT2D eigenvalue weighted by molar-refractivity contribution is 6.30. The number of anilines is 3. The molecule has 0 saturated heterocycles. The number of esters is 1. The molecule has 0 aliphatic rings. The number of rotatable bonds is 9. The van der Waals surface area contributed by atoms with Gasteiger partial charge in [0.05, 0.1) is 28.9 Å². The first-order valence-corrected chi connectivity index (χ1v) is 10.8. The van der Waals surface area contributed by atoms with Gasteiger partial charge in [0, 0.05) is 19.3 Å². The molecule has 0 spiro atoms. The molecule has 0 unspecified atom stereocenters. The zero-order valence-corrected chi connectivity index (χ0v) is 19.9. The summed E-state index contributed by atoms with van der Waals surface area (Å²) in [5, 5.41) is 4.02. The molecule has 0 fully saturated rings. The van der Waals surface area contributed by atoms with Crippen LogP contribution in [0.1, 0.15) is 47.1 Å². The quantitative estimate of drug-likeness (QED) is 0.490. The van der Waals surface area contributed by atoms with Gasteiger partial charge in [-0.2, -0.15) is 0 Å². The lowest BCUT2D eigenvalue weighted by Crippen LogP contribution is -2.33. The summed E-state index contributed by atoms with van der Waals surface area (Å²) in [6.45, 7) is 14.5. The van der Waals surface area contributed by atoms with E-state index in [1.54, 1.807) is 12.3 Å². The van der Waals surface area contributed by atoms with Crippen LogP contribution in [0.4, 0.5) is 17.2 Å². The molecule has 30 heavy (non-hydrogen) atoms. The maximum Gasteiger partial charge on any atom is 0.315 e. The minimum absolute atomic E-state index is 0.271. The summed E-state index contributed by atoms with van der Waals surface area (Å²) in [5.41, 5.74) is 2.10. The van der Waals surface area contributed by atoms with Crippen molar-refractivity contribution in [3.8, 4) is 0 Å². The fraction of sp³-hybridized carbons (Fsp3) is 0.500. The van der Waals surface area contributed by atoms with Gasteiger partial charge in [-0.05, 0) is 55.5 Å².